The van der Waals surface area contributed by atoms with E-state index in [2.05, 4.69) is 40.7 Å². The van der Waals surface area contributed by atoms with Crippen molar-refractivity contribution in [2.75, 3.05) is 6.61 Å². The van der Waals surface area contributed by atoms with Crippen molar-refractivity contribution in [1.82, 2.24) is 0 Å². The zero-order valence-corrected chi connectivity index (χ0v) is 37.0. The molecule has 0 aliphatic heterocycles. The van der Waals surface area contributed by atoms with Crippen LogP contribution in [0.1, 0.15) is 137 Å². The van der Waals surface area contributed by atoms with Crippen LogP contribution in [-0.2, 0) is 31.3 Å². The average molecular weight is 801 g/mol. The van der Waals surface area contributed by atoms with Crippen LogP contribution in [0.5, 0.6) is 0 Å². The van der Waals surface area contributed by atoms with Gasteiger partial charge in [0.2, 0.25) is 0 Å². The summed E-state index contributed by atoms with van der Waals surface area (Å²) in [7, 11) is 0. The van der Waals surface area contributed by atoms with Crippen molar-refractivity contribution >= 4 is 23.1 Å². The SMILES string of the molecule is CC(=O)/C=C(\[O-])c1ccccc1.CC(=O)/C=C(\[O-])c1ccccc1.CC(C)CCCC(C)[C@H]1CCC2[C@@H]3CC=C4C[C@@H]([O-])CC[C@]4(C)C3CC[C@@]21C.CC[O-].[Ti]. The zero-order valence-electron chi connectivity index (χ0n) is 35.5. The maximum absolute atomic E-state index is 12.1. The Bertz CT molecular complexity index is 1520. The standard InChI is InChI=1S/C27H45O.2C10H10O2.C2H5O.Ti/c1-18(2)7-6-8-19(3)23-11-12-24-22-10-9-20-17-21(28)13-15-26(20,4)25(22)14-16-27(23,24)5;2*1-8(11)7-10(12)9-5-3-2-4-6-9;1-2-3;/h9,18-19,21-25H,6-8,10-17H2,1-5H3;2*2-7,12H,1H3;2H2,1H3;/q-1;;;-1;/p-2/b;2*10-7-;;/t19?,21-,22-,23+,24?,25?,26-,27+;;;;/m0..../s1. The van der Waals surface area contributed by atoms with E-state index >= 15 is 0 Å². The molecule has 2 aromatic rings. The van der Waals surface area contributed by atoms with Gasteiger partial charge in [-0.05, 0) is 128 Å². The minimum Gasteiger partial charge on any atom is -0.872 e. The molecule has 3 fully saturated rings. The summed E-state index contributed by atoms with van der Waals surface area (Å²) in [4.78, 5) is 21.1. The van der Waals surface area contributed by atoms with Gasteiger partial charge in [0.25, 0.3) is 0 Å². The molecule has 56 heavy (non-hydrogen) atoms. The third-order valence-corrected chi connectivity index (χ3v) is 13.0. The van der Waals surface area contributed by atoms with Crippen molar-refractivity contribution in [2.45, 2.75) is 132 Å². The molecule has 0 amide bonds. The quantitative estimate of drug-likeness (QED) is 0.109. The van der Waals surface area contributed by atoms with E-state index < -0.39 is 0 Å². The normalized spacial score (nSPS) is 28.4. The van der Waals surface area contributed by atoms with Crippen LogP contribution in [0.25, 0.3) is 11.5 Å². The van der Waals surface area contributed by atoms with Crippen molar-refractivity contribution in [3.05, 3.63) is 95.6 Å². The Hall–Kier alpha value is -2.77. The topological polar surface area (TPSA) is 126 Å². The first-order valence-electron chi connectivity index (χ1n) is 20.9. The van der Waals surface area contributed by atoms with E-state index in [9.17, 15) is 24.9 Å². The summed E-state index contributed by atoms with van der Waals surface area (Å²) >= 11 is 0. The molecule has 0 N–H and O–H groups in total. The maximum Gasteiger partial charge on any atom is 0.152 e. The van der Waals surface area contributed by atoms with E-state index in [0.717, 1.165) is 66.9 Å². The molecule has 308 valence electrons. The summed E-state index contributed by atoms with van der Waals surface area (Å²) in [6, 6.07) is 17.4. The van der Waals surface area contributed by atoms with Crippen LogP contribution in [-0.4, -0.2) is 24.3 Å². The van der Waals surface area contributed by atoms with E-state index in [1.54, 1.807) is 61.0 Å². The van der Waals surface area contributed by atoms with Gasteiger partial charge in [-0.25, -0.2) is 0 Å². The molecular weight excluding hydrogens is 732 g/mol. The number of allylic oxidation sites excluding steroid dienone is 3. The molecule has 4 aliphatic carbocycles. The van der Waals surface area contributed by atoms with Crippen LogP contribution < -0.4 is 20.4 Å². The molecule has 0 heterocycles. The fourth-order valence-electron chi connectivity index (χ4n) is 10.4. The van der Waals surface area contributed by atoms with Crippen LogP contribution >= 0.6 is 0 Å². The molecule has 3 unspecified atom stereocenters. The predicted octanol–water partition coefficient (Wildman–Crippen LogP) is 8.07. The fourth-order valence-corrected chi connectivity index (χ4v) is 10.4. The number of carbonyl (C=O) groups is 2. The Morgan fingerprint density at radius 1 is 0.786 bits per heavy atom. The summed E-state index contributed by atoms with van der Waals surface area (Å²) in [5.74, 6) is 4.47. The molecule has 4 aliphatic rings. The van der Waals surface area contributed by atoms with Crippen LogP contribution in [0, 0.1) is 46.3 Å². The van der Waals surface area contributed by atoms with E-state index in [-0.39, 0.29) is 57.5 Å². The Kier molecular flexibility index (Phi) is 20.8. The van der Waals surface area contributed by atoms with Gasteiger partial charge in [-0.15, -0.1) is 12.7 Å². The number of hydrogen-bond donors (Lipinski definition) is 0. The van der Waals surface area contributed by atoms with Gasteiger partial charge in [-0.3, -0.25) is 9.59 Å². The zero-order chi connectivity index (χ0) is 40.8. The Morgan fingerprint density at radius 3 is 1.79 bits per heavy atom. The summed E-state index contributed by atoms with van der Waals surface area (Å²) in [5, 5.41) is 43.4. The average Bonchev–Trinajstić information content (AvgIpc) is 3.50. The molecule has 0 bridgehead atoms. The van der Waals surface area contributed by atoms with Gasteiger partial charge in [0, 0.05) is 21.7 Å². The van der Waals surface area contributed by atoms with Crippen molar-refractivity contribution in [1.29, 1.82) is 0 Å². The largest absolute Gasteiger partial charge is 0.872 e. The van der Waals surface area contributed by atoms with E-state index in [1.165, 1.54) is 65.2 Å². The fraction of sp³-hybridized carbons (Fsp3) is 0.592. The minimum absolute atomic E-state index is 0. The molecule has 2 aromatic carbocycles. The number of benzene rings is 2. The second-order valence-electron chi connectivity index (χ2n) is 17.4. The van der Waals surface area contributed by atoms with Gasteiger partial charge in [0.05, 0.1) is 0 Å². The van der Waals surface area contributed by atoms with E-state index in [4.69, 9.17) is 5.11 Å². The smallest absolute Gasteiger partial charge is 0.152 e. The molecule has 6 nitrogen and oxygen atoms in total. The Balaban J connectivity index is 0.000000321. The third kappa shape index (κ3) is 13.7. The molecular formula is C49H68O6Ti-4. The first-order valence-corrected chi connectivity index (χ1v) is 20.9. The second-order valence-corrected chi connectivity index (χ2v) is 17.4. The molecule has 0 aromatic heterocycles. The first kappa shape index (κ1) is 49.4. The summed E-state index contributed by atoms with van der Waals surface area (Å²) in [5.41, 5.74) is 3.59. The van der Waals surface area contributed by atoms with Crippen LogP contribution in [0.3, 0.4) is 0 Å². The first-order chi connectivity index (χ1) is 26.1. The van der Waals surface area contributed by atoms with Crippen LogP contribution in [0.15, 0.2) is 84.5 Å². The van der Waals surface area contributed by atoms with Crippen molar-refractivity contribution in [3.63, 3.8) is 0 Å². The van der Waals surface area contributed by atoms with Crippen LogP contribution in [0.2, 0.25) is 0 Å². The van der Waals surface area contributed by atoms with Gasteiger partial charge in [0.1, 0.15) is 0 Å². The Labute approximate surface area is 353 Å². The summed E-state index contributed by atoms with van der Waals surface area (Å²) in [6.07, 6.45) is 18.7. The molecule has 6 rings (SSSR count). The van der Waals surface area contributed by atoms with E-state index in [0.29, 0.717) is 22.0 Å². The number of ketones is 2. The maximum atomic E-state index is 12.1. The van der Waals surface area contributed by atoms with Gasteiger partial charge in [-0.1, -0.05) is 151 Å². The number of hydrogen-bond acceptors (Lipinski definition) is 6. The number of rotatable bonds is 9. The van der Waals surface area contributed by atoms with Gasteiger partial charge in [0.15, 0.2) is 11.6 Å². The van der Waals surface area contributed by atoms with Crippen LogP contribution in [0.4, 0.5) is 0 Å². The molecule has 7 heteroatoms. The van der Waals surface area contributed by atoms with Gasteiger partial charge >= 0.3 is 0 Å². The van der Waals surface area contributed by atoms with Crippen molar-refractivity contribution in [2.24, 2.45) is 46.3 Å². The van der Waals surface area contributed by atoms with Gasteiger partial charge < -0.3 is 20.4 Å². The molecule has 3 saturated carbocycles. The molecule has 8 atom stereocenters. The predicted molar refractivity (Wildman–Crippen MR) is 218 cm³/mol. The third-order valence-electron chi connectivity index (χ3n) is 13.0. The monoisotopic (exact) mass is 800 g/mol. The van der Waals surface area contributed by atoms with Crippen molar-refractivity contribution in [3.8, 4) is 0 Å². The molecule has 0 spiro atoms. The molecule has 0 radical (unpaired) electrons. The summed E-state index contributed by atoms with van der Waals surface area (Å²) in [6.45, 7) is 16.8. The number of fused-ring (bicyclic) bond motifs is 5. The molecule has 0 saturated heterocycles. The minimum atomic E-state index is -0.327. The number of carbonyl (C=O) groups excluding carboxylic acids is 2. The Morgan fingerprint density at radius 2 is 1.30 bits per heavy atom. The van der Waals surface area contributed by atoms with Gasteiger partial charge in [-0.2, -0.15) is 0 Å². The second kappa shape index (κ2) is 23.6. The summed E-state index contributed by atoms with van der Waals surface area (Å²) < 4.78 is 0. The van der Waals surface area contributed by atoms with Crippen molar-refractivity contribution < 1.29 is 51.7 Å². The van der Waals surface area contributed by atoms with E-state index in [1.807, 2.05) is 12.1 Å².